The van der Waals surface area contributed by atoms with E-state index in [0.29, 0.717) is 72.8 Å². The minimum Gasteiger partial charge on any atom is -0.458 e. The molecule has 404 valence electrons. The lowest BCUT2D eigenvalue weighted by molar-refractivity contribution is -0.172. The first kappa shape index (κ1) is 53.9. The number of imide groups is 1. The Morgan fingerprint density at radius 3 is 2.27 bits per heavy atom. The van der Waals surface area contributed by atoms with Crippen LogP contribution in [0.3, 0.4) is 0 Å². The van der Waals surface area contributed by atoms with E-state index in [2.05, 4.69) is 26.6 Å². The number of ketones is 1. The molecule has 1 saturated carbocycles. The second-order valence-corrected chi connectivity index (χ2v) is 20.4. The second-order valence-electron chi connectivity index (χ2n) is 20.4. The van der Waals surface area contributed by atoms with Gasteiger partial charge in [-0.05, 0) is 120 Å². The number of ether oxygens (including phenoxy) is 2. The van der Waals surface area contributed by atoms with Crippen LogP contribution in [0.1, 0.15) is 96.7 Å². The van der Waals surface area contributed by atoms with E-state index in [1.165, 1.54) is 23.1 Å². The number of fused-ring (bicyclic) bond motifs is 5. The van der Waals surface area contributed by atoms with Crippen LogP contribution >= 0.6 is 0 Å². The molecule has 1 unspecified atom stereocenters. The molecule has 9 rings (SSSR count). The van der Waals surface area contributed by atoms with E-state index in [9.17, 15) is 53.1 Å². The van der Waals surface area contributed by atoms with Gasteiger partial charge in [0.1, 0.15) is 31.8 Å². The topological polar surface area (TPSA) is 278 Å². The summed E-state index contributed by atoms with van der Waals surface area (Å²) in [6.45, 7) is 1.38. The molecule has 1 fully saturated rings. The lowest BCUT2D eigenvalue weighted by Gasteiger charge is -2.31. The smallest absolute Gasteiger partial charge is 0.343 e. The SMILES string of the molecule is CC[C@]1(O)C(=O)OCc2c1cc1n(c2=O)Cc2c-1cc1cc(F)c(C)c3c1c2C(CC(=O)COCNC(=O)CNC(=O)[C@H](Cc1ccccc1)NC(=O)CNC(=O)CNC(=O)C1CCC(CN2C(=O)C=CC2=O)CC1)CC3. The van der Waals surface area contributed by atoms with Crippen molar-refractivity contribution in [1.82, 2.24) is 36.1 Å². The molecule has 0 spiro atoms. The van der Waals surface area contributed by atoms with Gasteiger partial charge in [0.25, 0.3) is 17.4 Å². The molecule has 1 aromatic heterocycles. The van der Waals surface area contributed by atoms with Crippen LogP contribution in [-0.2, 0) is 84.2 Å². The molecular weight excluding hydrogens is 998 g/mol. The molecule has 0 saturated heterocycles. The number of Topliss-reactive ketones (excluding diaryl/α,β-unsaturated/α-hetero) is 1. The van der Waals surface area contributed by atoms with Crippen LogP contribution in [0.2, 0.25) is 0 Å². The lowest BCUT2D eigenvalue weighted by Crippen LogP contribution is -2.52. The van der Waals surface area contributed by atoms with Crippen molar-refractivity contribution >= 4 is 63.9 Å². The number of pyridine rings is 1. The standard InChI is InChI=1S/C56H60FN7O13/c1-3-56(75)41-21-44-38-19-35-20-42(57)30(2)37-14-13-34(50(51(35)37)39(38)26-63(44)54(73)40(41)28-77-55(56)74)18-36(65)27-76-29-61-46(67)23-60-53(72)43(17-31-7-5-4-6-8-31)62-47(68)24-58-45(66)22-59-52(71)33-11-9-32(10-12-33)25-64-48(69)15-16-49(64)70/h4-8,15-16,19-21,32-34,43,75H,3,9-14,17-18,22-29H2,1-2H3,(H,58,66)(H,59,71)(H,60,72)(H,61,67)(H,62,68)/t32?,33?,34?,43-,56+/m0/s1. The van der Waals surface area contributed by atoms with Gasteiger partial charge in [-0.3, -0.25) is 48.1 Å². The van der Waals surface area contributed by atoms with Crippen LogP contribution in [-0.4, -0.2) is 113 Å². The monoisotopic (exact) mass is 1060 g/mol. The molecule has 3 atom stereocenters. The van der Waals surface area contributed by atoms with E-state index in [1.54, 1.807) is 54.8 Å². The minimum absolute atomic E-state index is 0.0195. The van der Waals surface area contributed by atoms with Crippen molar-refractivity contribution < 1.29 is 62.1 Å². The highest BCUT2D eigenvalue weighted by Crippen LogP contribution is 2.49. The first-order valence-electron chi connectivity index (χ1n) is 25.9. The molecule has 2 aliphatic carbocycles. The van der Waals surface area contributed by atoms with Crippen molar-refractivity contribution in [2.24, 2.45) is 11.8 Å². The summed E-state index contributed by atoms with van der Waals surface area (Å²) in [5, 5.41) is 25.5. The zero-order valence-electron chi connectivity index (χ0n) is 42.7. The Labute approximate surface area is 441 Å². The molecule has 0 radical (unpaired) electrons. The molecule has 4 aromatic rings. The number of benzene rings is 3. The maximum Gasteiger partial charge on any atom is 0.343 e. The number of nitrogens with one attached hydrogen (secondary N) is 5. The van der Waals surface area contributed by atoms with Gasteiger partial charge in [-0.25, -0.2) is 9.18 Å². The third-order valence-corrected chi connectivity index (χ3v) is 15.6. The summed E-state index contributed by atoms with van der Waals surface area (Å²) in [7, 11) is 0. The summed E-state index contributed by atoms with van der Waals surface area (Å²) in [5.41, 5.74) is 2.70. The number of hydrogen-bond acceptors (Lipinski definition) is 13. The molecule has 77 heavy (non-hydrogen) atoms. The number of rotatable bonds is 20. The molecule has 5 aliphatic rings. The highest BCUT2D eigenvalue weighted by atomic mass is 19.1. The Morgan fingerprint density at radius 1 is 0.844 bits per heavy atom. The van der Waals surface area contributed by atoms with E-state index in [0.717, 1.165) is 22.1 Å². The molecular formula is C56H60FN7O13. The van der Waals surface area contributed by atoms with Gasteiger partial charge in [0, 0.05) is 48.6 Å². The molecule has 7 amide bonds. The van der Waals surface area contributed by atoms with E-state index in [4.69, 9.17) is 9.47 Å². The number of hydrogen-bond donors (Lipinski definition) is 6. The number of aliphatic hydroxyl groups is 1. The maximum atomic E-state index is 15.4. The number of carbonyl (C=O) groups is 9. The van der Waals surface area contributed by atoms with E-state index in [1.807, 2.05) is 6.07 Å². The number of nitrogens with zero attached hydrogens (tertiary/aromatic N) is 2. The van der Waals surface area contributed by atoms with Crippen molar-refractivity contribution in [3.63, 3.8) is 0 Å². The number of carbonyl (C=O) groups excluding carboxylic acids is 9. The third kappa shape index (κ3) is 11.3. The highest BCUT2D eigenvalue weighted by Gasteiger charge is 2.46. The second kappa shape index (κ2) is 22.7. The molecule has 0 bridgehead atoms. The number of aromatic nitrogens is 1. The quantitative estimate of drug-likeness (QED) is 0.0282. The van der Waals surface area contributed by atoms with Gasteiger partial charge >= 0.3 is 5.97 Å². The molecule has 21 heteroatoms. The number of halogens is 1. The Bertz CT molecular complexity index is 3180. The summed E-state index contributed by atoms with van der Waals surface area (Å²) in [6.07, 6.45) is 5.88. The minimum atomic E-state index is -2.01. The van der Waals surface area contributed by atoms with Crippen molar-refractivity contribution in [1.29, 1.82) is 0 Å². The van der Waals surface area contributed by atoms with Crippen LogP contribution < -0.4 is 32.1 Å². The largest absolute Gasteiger partial charge is 0.458 e. The van der Waals surface area contributed by atoms with Crippen LogP contribution in [0.4, 0.5) is 4.39 Å². The van der Waals surface area contributed by atoms with E-state index >= 15 is 4.39 Å². The van der Waals surface area contributed by atoms with Crippen LogP contribution in [0.15, 0.2) is 65.5 Å². The van der Waals surface area contributed by atoms with Gasteiger partial charge in [0.2, 0.25) is 29.5 Å². The fourth-order valence-corrected chi connectivity index (χ4v) is 11.4. The number of aryl methyl sites for hydroxylation is 1. The number of esters is 1. The van der Waals surface area contributed by atoms with Crippen molar-refractivity contribution in [3.05, 3.63) is 116 Å². The van der Waals surface area contributed by atoms with Gasteiger partial charge in [-0.15, -0.1) is 0 Å². The summed E-state index contributed by atoms with van der Waals surface area (Å²) < 4.78 is 27.8. The number of amides is 7. The zero-order chi connectivity index (χ0) is 54.7. The summed E-state index contributed by atoms with van der Waals surface area (Å²) in [5.74, 6) is -5.79. The first-order valence-corrected chi connectivity index (χ1v) is 25.9. The number of cyclic esters (lactones) is 1. The average molecular weight is 1060 g/mol. The predicted octanol–water partition coefficient (Wildman–Crippen LogP) is 2.02. The van der Waals surface area contributed by atoms with Gasteiger partial charge in [-0.1, -0.05) is 37.3 Å². The van der Waals surface area contributed by atoms with Crippen LogP contribution in [0, 0.1) is 24.6 Å². The fraction of sp³-hybridized carbons (Fsp3) is 0.429. The third-order valence-electron chi connectivity index (χ3n) is 15.6. The molecule has 3 aromatic carbocycles. The van der Waals surface area contributed by atoms with Crippen LogP contribution in [0.25, 0.3) is 22.0 Å². The molecule has 3 aliphatic heterocycles. The molecule has 6 N–H and O–H groups in total. The van der Waals surface area contributed by atoms with Gasteiger partial charge in [0.15, 0.2) is 11.4 Å². The predicted molar refractivity (Wildman–Crippen MR) is 273 cm³/mol. The maximum absolute atomic E-state index is 15.4. The average Bonchev–Trinajstić information content (AvgIpc) is 4.16. The van der Waals surface area contributed by atoms with E-state index in [-0.39, 0.29) is 110 Å². The Kier molecular flexibility index (Phi) is 15.9. The van der Waals surface area contributed by atoms with Crippen molar-refractivity contribution in [2.45, 2.75) is 102 Å². The van der Waals surface area contributed by atoms with Gasteiger partial charge in [-0.2, -0.15) is 0 Å². The Balaban J connectivity index is 0.744. The van der Waals surface area contributed by atoms with Crippen molar-refractivity contribution in [3.8, 4) is 11.3 Å². The Morgan fingerprint density at radius 2 is 1.55 bits per heavy atom. The van der Waals surface area contributed by atoms with Gasteiger partial charge < -0.3 is 45.7 Å². The first-order chi connectivity index (χ1) is 36.9. The van der Waals surface area contributed by atoms with Gasteiger partial charge in [0.05, 0.1) is 37.4 Å². The Hall–Kier alpha value is -7.91. The zero-order valence-corrected chi connectivity index (χ0v) is 42.7. The van der Waals surface area contributed by atoms with Crippen molar-refractivity contribution in [2.75, 3.05) is 39.5 Å². The summed E-state index contributed by atoms with van der Waals surface area (Å²) in [4.78, 5) is 130. The molecule has 20 nitrogen and oxygen atoms in total. The highest BCUT2D eigenvalue weighted by molar-refractivity contribution is 6.13. The lowest BCUT2D eigenvalue weighted by atomic mass is 9.74. The summed E-state index contributed by atoms with van der Waals surface area (Å²) in [6, 6.07) is 12.6. The molecule has 4 heterocycles. The van der Waals surface area contributed by atoms with Crippen LogP contribution in [0.5, 0.6) is 0 Å². The van der Waals surface area contributed by atoms with E-state index < -0.39 is 59.9 Å². The summed E-state index contributed by atoms with van der Waals surface area (Å²) >= 11 is 0. The normalized spacial score (nSPS) is 20.4. The fourth-order valence-electron chi connectivity index (χ4n) is 11.4.